The molecule has 1 aromatic rings. The molecule has 0 aromatic heterocycles. The average Bonchev–Trinajstić information content (AvgIpc) is 2.65. The first-order valence-corrected chi connectivity index (χ1v) is 10.3. The van der Waals surface area contributed by atoms with Gasteiger partial charge in [-0.05, 0) is 42.7 Å². The number of nitrogens with zero attached hydrogens (tertiary/aromatic N) is 1. The lowest BCUT2D eigenvalue weighted by atomic mass is 9.89. The van der Waals surface area contributed by atoms with E-state index in [2.05, 4.69) is 43.4 Å². The summed E-state index contributed by atoms with van der Waals surface area (Å²) in [5.41, 5.74) is 1.20. The summed E-state index contributed by atoms with van der Waals surface area (Å²) >= 11 is 0. The third-order valence-corrected chi connectivity index (χ3v) is 6.01. The van der Waals surface area contributed by atoms with Gasteiger partial charge in [0.2, 0.25) is 0 Å². The Morgan fingerprint density at radius 2 is 1.85 bits per heavy atom. The van der Waals surface area contributed by atoms with Crippen LogP contribution < -0.4 is 5.32 Å². The Hall–Kier alpha value is -1.39. The van der Waals surface area contributed by atoms with Gasteiger partial charge in [-0.1, -0.05) is 57.4 Å². The van der Waals surface area contributed by atoms with Crippen molar-refractivity contribution < 1.29 is 9.90 Å². The zero-order valence-corrected chi connectivity index (χ0v) is 16.3. The molecule has 2 fully saturated rings. The van der Waals surface area contributed by atoms with Crippen LogP contribution in [0.25, 0.3) is 0 Å². The van der Waals surface area contributed by atoms with Crippen molar-refractivity contribution in [1.29, 1.82) is 0 Å². The molecule has 1 atom stereocenters. The molecule has 0 spiro atoms. The highest BCUT2D eigenvalue weighted by molar-refractivity contribution is 5.86. The van der Waals surface area contributed by atoms with Crippen molar-refractivity contribution in [3.05, 3.63) is 35.4 Å². The van der Waals surface area contributed by atoms with E-state index in [1.54, 1.807) is 0 Å². The zero-order valence-electron chi connectivity index (χ0n) is 16.3. The fraction of sp³-hybridized carbons (Fsp3) is 0.682. The Balaban J connectivity index is 1.59. The highest BCUT2D eigenvalue weighted by Gasteiger charge is 2.42. The van der Waals surface area contributed by atoms with Crippen LogP contribution in [0.15, 0.2) is 24.3 Å². The number of piperidine rings is 1. The van der Waals surface area contributed by atoms with E-state index in [1.807, 2.05) is 4.90 Å². The van der Waals surface area contributed by atoms with E-state index in [-0.39, 0.29) is 5.91 Å². The minimum atomic E-state index is -1.24. The summed E-state index contributed by atoms with van der Waals surface area (Å²) in [6, 6.07) is 8.96. The molecule has 1 unspecified atom stereocenters. The first-order valence-electron chi connectivity index (χ1n) is 10.3. The van der Waals surface area contributed by atoms with Gasteiger partial charge in [0, 0.05) is 25.7 Å². The molecule has 1 heterocycles. The largest absolute Gasteiger partial charge is 0.379 e. The molecule has 1 saturated carbocycles. The van der Waals surface area contributed by atoms with Gasteiger partial charge in [-0.25, -0.2) is 0 Å². The van der Waals surface area contributed by atoms with E-state index in [0.717, 1.165) is 31.4 Å². The van der Waals surface area contributed by atoms with Crippen LogP contribution in [0.5, 0.6) is 0 Å². The van der Waals surface area contributed by atoms with Crippen molar-refractivity contribution in [3.63, 3.8) is 0 Å². The number of hydrogen-bond donors (Lipinski definition) is 2. The molecular formula is C22H34N2O2. The van der Waals surface area contributed by atoms with Gasteiger partial charge in [-0.15, -0.1) is 0 Å². The third-order valence-electron chi connectivity index (χ3n) is 6.01. The highest BCUT2D eigenvalue weighted by atomic mass is 16.3. The molecule has 1 saturated heterocycles. The van der Waals surface area contributed by atoms with Gasteiger partial charge in [0.15, 0.2) is 5.60 Å². The first kappa shape index (κ1) is 19.4. The van der Waals surface area contributed by atoms with Gasteiger partial charge in [0.25, 0.3) is 5.91 Å². The molecule has 2 N–H and O–H groups in total. The molecular weight excluding hydrogens is 324 g/mol. The second-order valence-corrected chi connectivity index (χ2v) is 8.47. The number of nitrogens with one attached hydrogen (secondary N) is 1. The van der Waals surface area contributed by atoms with Crippen LogP contribution in [-0.4, -0.2) is 40.6 Å². The number of rotatable bonds is 6. The van der Waals surface area contributed by atoms with Crippen LogP contribution in [-0.2, 0) is 11.3 Å². The van der Waals surface area contributed by atoms with Crippen LogP contribution in [0, 0.1) is 0 Å². The molecule has 4 nitrogen and oxygen atoms in total. The van der Waals surface area contributed by atoms with Gasteiger partial charge in [0.05, 0.1) is 0 Å². The van der Waals surface area contributed by atoms with Crippen molar-refractivity contribution in [2.24, 2.45) is 0 Å². The molecule has 4 heteroatoms. The number of aliphatic hydroxyl groups is 1. The van der Waals surface area contributed by atoms with Crippen LogP contribution in [0.2, 0.25) is 0 Å². The minimum absolute atomic E-state index is 0.111. The minimum Gasteiger partial charge on any atom is -0.379 e. The molecule has 144 valence electrons. The maximum atomic E-state index is 12.9. The lowest BCUT2D eigenvalue weighted by Crippen LogP contribution is -2.58. The molecule has 26 heavy (non-hydrogen) atoms. The average molecular weight is 359 g/mol. The summed E-state index contributed by atoms with van der Waals surface area (Å²) in [7, 11) is 0. The topological polar surface area (TPSA) is 52.6 Å². The SMILES string of the molecule is CC(C)c1ccc(CN2CCCC(O)(CNC3CCCCC3)C2=O)cc1. The fourth-order valence-corrected chi connectivity index (χ4v) is 4.23. The van der Waals surface area contributed by atoms with Crippen molar-refractivity contribution >= 4 is 5.91 Å². The Morgan fingerprint density at radius 3 is 2.50 bits per heavy atom. The summed E-state index contributed by atoms with van der Waals surface area (Å²) in [5.74, 6) is 0.400. The van der Waals surface area contributed by atoms with Crippen molar-refractivity contribution in [3.8, 4) is 0 Å². The second-order valence-electron chi connectivity index (χ2n) is 8.47. The van der Waals surface area contributed by atoms with E-state index in [9.17, 15) is 9.90 Å². The van der Waals surface area contributed by atoms with Crippen LogP contribution in [0.4, 0.5) is 0 Å². The Labute approximate surface area is 158 Å². The lowest BCUT2D eigenvalue weighted by Gasteiger charge is -2.39. The molecule has 3 rings (SSSR count). The van der Waals surface area contributed by atoms with E-state index < -0.39 is 5.60 Å². The van der Waals surface area contributed by atoms with E-state index in [1.165, 1.54) is 24.8 Å². The second kappa shape index (κ2) is 8.53. The van der Waals surface area contributed by atoms with Gasteiger partial charge >= 0.3 is 0 Å². The molecule has 1 aromatic carbocycles. The van der Waals surface area contributed by atoms with Crippen molar-refractivity contribution in [2.75, 3.05) is 13.1 Å². The zero-order chi connectivity index (χ0) is 18.6. The highest BCUT2D eigenvalue weighted by Crippen LogP contribution is 2.25. The number of benzene rings is 1. The summed E-state index contributed by atoms with van der Waals surface area (Å²) < 4.78 is 0. The van der Waals surface area contributed by atoms with Gasteiger partial charge in [0.1, 0.15) is 0 Å². The summed E-state index contributed by atoms with van der Waals surface area (Å²) in [6.07, 6.45) is 7.56. The maximum Gasteiger partial charge on any atom is 0.256 e. The number of carbonyl (C=O) groups excluding carboxylic acids is 1. The van der Waals surface area contributed by atoms with E-state index in [4.69, 9.17) is 0 Å². The quantitative estimate of drug-likeness (QED) is 0.817. The third kappa shape index (κ3) is 4.66. The standard InChI is InChI=1S/C22H34N2O2/c1-17(2)19-11-9-18(10-12-19)15-24-14-6-13-22(26,21(24)25)16-23-20-7-4-3-5-8-20/h9-12,17,20,23,26H,3-8,13-16H2,1-2H3. The lowest BCUT2D eigenvalue weighted by molar-refractivity contribution is -0.157. The number of carbonyl (C=O) groups is 1. The Kier molecular flexibility index (Phi) is 6.36. The van der Waals surface area contributed by atoms with Gasteiger partial charge < -0.3 is 15.3 Å². The molecule has 1 aliphatic heterocycles. The fourth-order valence-electron chi connectivity index (χ4n) is 4.23. The molecule has 1 aliphatic carbocycles. The normalized spacial score (nSPS) is 25.1. The molecule has 0 bridgehead atoms. The number of hydrogen-bond acceptors (Lipinski definition) is 3. The number of likely N-dealkylation sites (tertiary alicyclic amines) is 1. The smallest absolute Gasteiger partial charge is 0.256 e. The Bertz CT molecular complexity index is 593. The van der Waals surface area contributed by atoms with Gasteiger partial charge in [-0.3, -0.25) is 4.79 Å². The van der Waals surface area contributed by atoms with Crippen molar-refractivity contribution in [1.82, 2.24) is 10.2 Å². The predicted octanol–water partition coefficient (Wildman–Crippen LogP) is 3.59. The monoisotopic (exact) mass is 358 g/mol. The number of amides is 1. The van der Waals surface area contributed by atoms with Crippen molar-refractivity contribution in [2.45, 2.75) is 82.9 Å². The van der Waals surface area contributed by atoms with Crippen LogP contribution >= 0.6 is 0 Å². The van der Waals surface area contributed by atoms with Crippen LogP contribution in [0.3, 0.4) is 0 Å². The van der Waals surface area contributed by atoms with E-state index >= 15 is 0 Å². The van der Waals surface area contributed by atoms with Gasteiger partial charge in [-0.2, -0.15) is 0 Å². The predicted molar refractivity (Wildman–Crippen MR) is 105 cm³/mol. The molecule has 2 aliphatic rings. The summed E-state index contributed by atoms with van der Waals surface area (Å²) in [5, 5.41) is 14.5. The van der Waals surface area contributed by atoms with E-state index in [0.29, 0.717) is 31.5 Å². The molecule has 1 amide bonds. The maximum absolute atomic E-state index is 12.9. The molecule has 0 radical (unpaired) electrons. The van der Waals surface area contributed by atoms with Crippen LogP contribution in [0.1, 0.15) is 75.8 Å². The Morgan fingerprint density at radius 1 is 1.15 bits per heavy atom. The first-order chi connectivity index (χ1) is 12.5. The summed E-state index contributed by atoms with van der Waals surface area (Å²) in [6.45, 7) is 6.07. The summed E-state index contributed by atoms with van der Waals surface area (Å²) in [4.78, 5) is 14.8.